The summed E-state index contributed by atoms with van der Waals surface area (Å²) in [6.07, 6.45) is 0. The van der Waals surface area contributed by atoms with Crippen molar-refractivity contribution in [2.45, 2.75) is 31.8 Å². The first-order valence-electron chi connectivity index (χ1n) is 11.2. The fourth-order valence-electron chi connectivity index (χ4n) is 3.76. The van der Waals surface area contributed by atoms with Crippen LogP contribution in [0.2, 0.25) is 0 Å². The Kier molecular flexibility index (Phi) is 7.10. The third-order valence-electron chi connectivity index (χ3n) is 5.66. The van der Waals surface area contributed by atoms with E-state index in [1.54, 1.807) is 43.3 Å². The molecule has 0 heterocycles. The van der Waals surface area contributed by atoms with Crippen LogP contribution in [0.1, 0.15) is 34.0 Å². The van der Waals surface area contributed by atoms with Crippen molar-refractivity contribution < 1.29 is 17.9 Å². The molecule has 0 spiro atoms. The number of hydrogen-bond donors (Lipinski definition) is 0. The minimum atomic E-state index is -3.79. The van der Waals surface area contributed by atoms with Gasteiger partial charge in [0.15, 0.2) is 0 Å². The number of hydrogen-bond acceptors (Lipinski definition) is 4. The van der Waals surface area contributed by atoms with Crippen LogP contribution in [0.3, 0.4) is 0 Å². The predicted octanol–water partition coefficient (Wildman–Crippen LogP) is 5.72. The van der Waals surface area contributed by atoms with E-state index < -0.39 is 16.0 Å². The van der Waals surface area contributed by atoms with Crippen molar-refractivity contribution >= 4 is 26.8 Å². The quantitative estimate of drug-likeness (QED) is 0.307. The molecule has 0 aromatic heterocycles. The fraction of sp³-hybridized carbons (Fsp3) is 0.179. The van der Waals surface area contributed by atoms with Gasteiger partial charge in [-0.25, -0.2) is 13.2 Å². The summed E-state index contributed by atoms with van der Waals surface area (Å²) in [5.41, 5.74) is 3.23. The Morgan fingerprint density at radius 2 is 1.38 bits per heavy atom. The highest BCUT2D eigenvalue weighted by Gasteiger charge is 2.25. The number of esters is 1. The Morgan fingerprint density at radius 1 is 0.794 bits per heavy atom. The number of sulfonamides is 1. The molecule has 0 aliphatic heterocycles. The minimum absolute atomic E-state index is 0.173. The van der Waals surface area contributed by atoms with Gasteiger partial charge in [0.2, 0.25) is 10.0 Å². The lowest BCUT2D eigenvalue weighted by molar-refractivity contribution is 0.0526. The summed E-state index contributed by atoms with van der Waals surface area (Å²) in [5.74, 6) is -0.394. The highest BCUT2D eigenvalue weighted by atomic mass is 32.2. The lowest BCUT2D eigenvalue weighted by Crippen LogP contribution is -2.30. The van der Waals surface area contributed by atoms with Gasteiger partial charge in [0, 0.05) is 13.1 Å². The first-order chi connectivity index (χ1) is 16.4. The first-order valence-corrected chi connectivity index (χ1v) is 12.6. The Balaban J connectivity index is 1.68. The van der Waals surface area contributed by atoms with Crippen LogP contribution in [0.15, 0.2) is 95.9 Å². The van der Waals surface area contributed by atoms with Crippen molar-refractivity contribution in [2.75, 3.05) is 6.61 Å². The van der Waals surface area contributed by atoms with Crippen LogP contribution in [-0.4, -0.2) is 25.3 Å². The number of benzene rings is 4. The maximum atomic E-state index is 13.8. The second kappa shape index (κ2) is 10.2. The van der Waals surface area contributed by atoms with E-state index in [0.717, 1.165) is 27.5 Å². The zero-order valence-electron chi connectivity index (χ0n) is 19.3. The van der Waals surface area contributed by atoms with Crippen LogP contribution in [-0.2, 0) is 27.8 Å². The summed E-state index contributed by atoms with van der Waals surface area (Å²) in [7, 11) is -3.79. The molecule has 0 bridgehead atoms. The zero-order chi connectivity index (χ0) is 24.1. The Morgan fingerprint density at radius 3 is 2.00 bits per heavy atom. The Bertz CT molecular complexity index is 1390. The highest BCUT2D eigenvalue weighted by molar-refractivity contribution is 7.89. The fourth-order valence-corrected chi connectivity index (χ4v) is 5.22. The molecule has 0 atom stereocenters. The second-order valence-corrected chi connectivity index (χ2v) is 10.1. The number of rotatable bonds is 8. The van der Waals surface area contributed by atoms with Crippen LogP contribution >= 0.6 is 0 Å². The summed E-state index contributed by atoms with van der Waals surface area (Å²) < 4.78 is 34.0. The second-order valence-electron chi connectivity index (χ2n) is 8.19. The molecule has 0 aliphatic carbocycles. The smallest absolute Gasteiger partial charge is 0.338 e. The molecule has 174 valence electrons. The van der Waals surface area contributed by atoms with E-state index in [-0.39, 0.29) is 18.0 Å². The molecule has 0 N–H and O–H groups in total. The van der Waals surface area contributed by atoms with Crippen molar-refractivity contribution in [1.82, 2.24) is 4.31 Å². The molecule has 0 saturated heterocycles. The third-order valence-corrected chi connectivity index (χ3v) is 7.45. The van der Waals surface area contributed by atoms with Crippen molar-refractivity contribution in [2.24, 2.45) is 0 Å². The number of nitrogens with zero attached hydrogens (tertiary/aromatic N) is 1. The van der Waals surface area contributed by atoms with E-state index in [1.807, 2.05) is 61.5 Å². The zero-order valence-corrected chi connectivity index (χ0v) is 20.1. The van der Waals surface area contributed by atoms with Crippen LogP contribution in [0, 0.1) is 6.92 Å². The van der Waals surface area contributed by atoms with Gasteiger partial charge >= 0.3 is 5.97 Å². The number of ether oxygens (including phenoxy) is 1. The summed E-state index contributed by atoms with van der Waals surface area (Å²) in [6, 6.07) is 27.6. The van der Waals surface area contributed by atoms with E-state index in [2.05, 4.69) is 0 Å². The maximum absolute atomic E-state index is 13.8. The average Bonchev–Trinajstić information content (AvgIpc) is 2.85. The van der Waals surface area contributed by atoms with Crippen LogP contribution < -0.4 is 0 Å². The lowest BCUT2D eigenvalue weighted by Gasteiger charge is -2.23. The molecule has 4 aromatic rings. The molecule has 4 rings (SSSR count). The first kappa shape index (κ1) is 23.7. The molecule has 34 heavy (non-hydrogen) atoms. The van der Waals surface area contributed by atoms with Gasteiger partial charge in [0.25, 0.3) is 0 Å². The van der Waals surface area contributed by atoms with Crippen molar-refractivity contribution in [3.05, 3.63) is 113 Å². The summed E-state index contributed by atoms with van der Waals surface area (Å²) in [6.45, 7) is 4.46. The molecule has 4 aromatic carbocycles. The molecule has 0 fully saturated rings. The molecule has 0 aliphatic rings. The van der Waals surface area contributed by atoms with Crippen LogP contribution in [0.4, 0.5) is 0 Å². The van der Waals surface area contributed by atoms with Crippen molar-refractivity contribution in [3.8, 4) is 0 Å². The van der Waals surface area contributed by atoms with E-state index >= 15 is 0 Å². The van der Waals surface area contributed by atoms with Crippen molar-refractivity contribution in [1.29, 1.82) is 0 Å². The summed E-state index contributed by atoms with van der Waals surface area (Å²) in [5, 5.41) is 1.86. The van der Waals surface area contributed by atoms with Gasteiger partial charge in [0.1, 0.15) is 0 Å². The highest BCUT2D eigenvalue weighted by Crippen LogP contribution is 2.25. The molecular weight excluding hydrogens is 446 g/mol. The average molecular weight is 474 g/mol. The van der Waals surface area contributed by atoms with Gasteiger partial charge in [0.05, 0.1) is 17.1 Å². The topological polar surface area (TPSA) is 63.7 Å². The maximum Gasteiger partial charge on any atom is 0.338 e. The standard InChI is InChI=1S/C28H27NO4S/c1-3-33-28(30)25-14-12-23(13-15-25)20-29(19-22-10-8-21(2)9-11-22)34(31,32)27-17-16-24-6-4-5-7-26(24)18-27/h4-18H,3,19-20H2,1-2H3. The monoisotopic (exact) mass is 473 g/mol. The molecule has 5 nitrogen and oxygen atoms in total. The SMILES string of the molecule is CCOC(=O)c1ccc(CN(Cc2ccc(C)cc2)S(=O)(=O)c2ccc3ccccc3c2)cc1. The van der Waals surface area contributed by atoms with Gasteiger partial charge in [-0.05, 0) is 60.0 Å². The van der Waals surface area contributed by atoms with Gasteiger partial charge in [-0.2, -0.15) is 4.31 Å². The van der Waals surface area contributed by atoms with Crippen LogP contribution in [0.5, 0.6) is 0 Å². The number of fused-ring (bicyclic) bond motifs is 1. The minimum Gasteiger partial charge on any atom is -0.462 e. The van der Waals surface area contributed by atoms with Crippen molar-refractivity contribution in [3.63, 3.8) is 0 Å². The molecule has 0 unspecified atom stereocenters. The largest absolute Gasteiger partial charge is 0.462 e. The van der Waals surface area contributed by atoms with E-state index in [4.69, 9.17) is 4.74 Å². The van der Waals surface area contributed by atoms with Gasteiger partial charge in [-0.15, -0.1) is 0 Å². The number of aryl methyl sites for hydroxylation is 1. The number of carbonyl (C=O) groups excluding carboxylic acids is 1. The summed E-state index contributed by atoms with van der Waals surface area (Å²) in [4.78, 5) is 12.2. The van der Waals surface area contributed by atoms with E-state index in [9.17, 15) is 13.2 Å². The number of carbonyl (C=O) groups is 1. The van der Waals surface area contributed by atoms with Gasteiger partial charge in [-0.3, -0.25) is 0 Å². The molecule has 6 heteroatoms. The molecular formula is C28H27NO4S. The normalized spacial score (nSPS) is 11.6. The lowest BCUT2D eigenvalue weighted by atomic mass is 10.1. The van der Waals surface area contributed by atoms with Gasteiger partial charge in [-0.1, -0.05) is 72.3 Å². The summed E-state index contributed by atoms with van der Waals surface area (Å²) >= 11 is 0. The Hall–Kier alpha value is -3.48. The molecule has 0 radical (unpaired) electrons. The molecule has 0 amide bonds. The van der Waals surface area contributed by atoms with E-state index in [0.29, 0.717) is 12.2 Å². The Labute approximate surface area is 200 Å². The predicted molar refractivity (Wildman–Crippen MR) is 134 cm³/mol. The van der Waals surface area contributed by atoms with Crippen LogP contribution in [0.25, 0.3) is 10.8 Å². The van der Waals surface area contributed by atoms with E-state index in [1.165, 1.54) is 4.31 Å². The molecule has 0 saturated carbocycles. The van der Waals surface area contributed by atoms with Gasteiger partial charge < -0.3 is 4.74 Å². The third kappa shape index (κ3) is 5.35.